The number of thiocarbonyl (C=S) groups is 1. The Kier molecular flexibility index (Phi) is 5.66. The Hall–Kier alpha value is -1.57. The summed E-state index contributed by atoms with van der Waals surface area (Å²) in [5.41, 5.74) is 0. The predicted molar refractivity (Wildman–Crippen MR) is 110 cm³/mol. The summed E-state index contributed by atoms with van der Waals surface area (Å²) in [7, 11) is 0. The molecular weight excluding hydrogens is 369 g/mol. The monoisotopic (exact) mass is 387 g/mol. The second-order valence-corrected chi connectivity index (χ2v) is 12.4. The van der Waals surface area contributed by atoms with Crippen LogP contribution in [0, 0.1) is 10.7 Å². The van der Waals surface area contributed by atoms with Gasteiger partial charge < -0.3 is 0 Å². The van der Waals surface area contributed by atoms with Gasteiger partial charge in [-0.1, -0.05) is 0 Å². The first kappa shape index (κ1) is 18.2. The number of ether oxygens (including phenoxy) is 1. The average Bonchev–Trinajstić information content (AvgIpc) is 2.70. The summed E-state index contributed by atoms with van der Waals surface area (Å²) < 4.78 is 12.7. The van der Waals surface area contributed by atoms with Gasteiger partial charge in [-0.25, -0.2) is 0 Å². The number of hydrogen-bond donors (Lipinski definition) is 0. The van der Waals surface area contributed by atoms with E-state index in [0.717, 1.165) is 10.6 Å². The van der Waals surface area contributed by atoms with Crippen molar-refractivity contribution >= 4 is 45.5 Å². The van der Waals surface area contributed by atoms with Crippen LogP contribution in [0.4, 0.5) is 0 Å². The Bertz CT molecular complexity index is 774. The average molecular weight is 387 g/mol. The molecule has 0 radical (unpaired) electrons. The molecule has 2 aromatic rings. The van der Waals surface area contributed by atoms with Crippen molar-refractivity contribution in [2.75, 3.05) is 26.3 Å². The molecule has 1 fully saturated rings. The molecular formula is C18H18N3OPS2. The summed E-state index contributed by atoms with van der Waals surface area (Å²) in [4.78, 5) is 0. The van der Waals surface area contributed by atoms with Gasteiger partial charge in [0.1, 0.15) is 0 Å². The maximum atomic E-state index is 9.81. The van der Waals surface area contributed by atoms with E-state index < -0.39 is 6.11 Å². The Morgan fingerprint density at radius 1 is 1.00 bits per heavy atom. The zero-order valence-electron chi connectivity index (χ0n) is 13.6. The molecule has 128 valence electrons. The van der Waals surface area contributed by atoms with Gasteiger partial charge in [-0.3, -0.25) is 0 Å². The van der Waals surface area contributed by atoms with Crippen molar-refractivity contribution in [2.24, 2.45) is 4.76 Å². The molecule has 0 unspecified atom stereocenters. The van der Waals surface area contributed by atoms with Crippen molar-refractivity contribution in [2.45, 2.75) is 0 Å². The molecule has 0 atom stereocenters. The summed E-state index contributed by atoms with van der Waals surface area (Å²) in [6.07, 6.45) is -3.49. The number of nitriles is 1. The van der Waals surface area contributed by atoms with E-state index in [9.17, 15) is 5.26 Å². The van der Waals surface area contributed by atoms with E-state index in [4.69, 9.17) is 21.7 Å². The van der Waals surface area contributed by atoms with Crippen LogP contribution in [-0.4, -0.2) is 36.1 Å². The molecule has 4 nitrogen and oxygen atoms in total. The van der Waals surface area contributed by atoms with Crippen LogP contribution in [0.25, 0.3) is 0 Å². The number of isothiocyanates is 1. The minimum absolute atomic E-state index is 0.608. The summed E-state index contributed by atoms with van der Waals surface area (Å²) in [6, 6.07) is 20.0. The van der Waals surface area contributed by atoms with Gasteiger partial charge in [0.2, 0.25) is 0 Å². The van der Waals surface area contributed by atoms with E-state index >= 15 is 0 Å². The third-order valence-corrected chi connectivity index (χ3v) is 12.9. The molecule has 1 aliphatic rings. The molecule has 1 heterocycles. The van der Waals surface area contributed by atoms with Gasteiger partial charge in [-0.15, -0.1) is 0 Å². The van der Waals surface area contributed by atoms with E-state index in [1.165, 1.54) is 11.4 Å². The van der Waals surface area contributed by atoms with Crippen LogP contribution in [0.3, 0.4) is 0 Å². The standard InChI is InChI=1S/C18H18N3OPS2/c19-15-25-23(20-16-24,17-7-3-1-4-8-17,18-9-5-2-6-10-18)21-11-13-22-14-12-21/h1-10H,11-14H2. The molecule has 0 aromatic heterocycles. The van der Waals surface area contributed by atoms with Crippen molar-refractivity contribution in [1.29, 1.82) is 5.26 Å². The number of nitrogens with zero attached hydrogens (tertiary/aromatic N) is 3. The van der Waals surface area contributed by atoms with Gasteiger partial charge in [-0.2, -0.15) is 0 Å². The molecule has 0 aliphatic carbocycles. The molecule has 25 heavy (non-hydrogen) atoms. The fourth-order valence-corrected chi connectivity index (χ4v) is 11.2. The van der Waals surface area contributed by atoms with Gasteiger partial charge in [0.15, 0.2) is 0 Å². The first-order valence-corrected chi connectivity index (χ1v) is 11.9. The zero-order chi connectivity index (χ0) is 17.6. The van der Waals surface area contributed by atoms with Crippen molar-refractivity contribution < 1.29 is 4.74 Å². The number of rotatable bonds is 5. The Balaban J connectivity index is 2.42. The molecule has 1 aliphatic heterocycles. The molecule has 2 aromatic carbocycles. The molecule has 0 N–H and O–H groups in total. The molecule has 1 saturated heterocycles. The van der Waals surface area contributed by atoms with Gasteiger partial charge in [0.05, 0.1) is 0 Å². The van der Waals surface area contributed by atoms with E-state index in [0.29, 0.717) is 26.3 Å². The van der Waals surface area contributed by atoms with Crippen molar-refractivity contribution in [1.82, 2.24) is 4.67 Å². The number of benzene rings is 2. The third-order valence-electron chi connectivity index (χ3n) is 4.40. The Labute approximate surface area is 157 Å². The fraction of sp³-hybridized carbons (Fsp3) is 0.222. The summed E-state index contributed by atoms with van der Waals surface area (Å²) in [5, 5.41) is 16.8. The quantitative estimate of drug-likeness (QED) is 0.340. The topological polar surface area (TPSA) is 48.6 Å². The molecule has 3 rings (SSSR count). The Morgan fingerprint density at radius 3 is 1.96 bits per heavy atom. The molecule has 7 heteroatoms. The predicted octanol–water partition coefficient (Wildman–Crippen LogP) is 3.58. The van der Waals surface area contributed by atoms with Crippen molar-refractivity contribution in [3.05, 3.63) is 60.7 Å². The first-order valence-electron chi connectivity index (χ1n) is 7.92. The van der Waals surface area contributed by atoms with E-state index in [2.05, 4.69) is 15.2 Å². The number of morpholine rings is 1. The first-order chi connectivity index (χ1) is 12.3. The van der Waals surface area contributed by atoms with Gasteiger partial charge in [0.25, 0.3) is 0 Å². The van der Waals surface area contributed by atoms with Crippen LogP contribution in [0.15, 0.2) is 65.4 Å². The normalized spacial score (nSPS) is 16.8. The van der Waals surface area contributed by atoms with Gasteiger partial charge >= 0.3 is 157 Å². The van der Waals surface area contributed by atoms with Crippen molar-refractivity contribution in [3.8, 4) is 5.40 Å². The van der Waals surface area contributed by atoms with Crippen LogP contribution in [0.5, 0.6) is 0 Å². The van der Waals surface area contributed by atoms with Crippen LogP contribution < -0.4 is 10.6 Å². The van der Waals surface area contributed by atoms with Crippen molar-refractivity contribution in [3.63, 3.8) is 0 Å². The maximum absolute atomic E-state index is 9.81. The summed E-state index contributed by atoms with van der Waals surface area (Å²) in [5.74, 6) is 0. The summed E-state index contributed by atoms with van der Waals surface area (Å²) >= 11 is 6.31. The van der Waals surface area contributed by atoms with Crippen LogP contribution in [-0.2, 0) is 4.74 Å². The van der Waals surface area contributed by atoms with E-state index in [-0.39, 0.29) is 0 Å². The summed E-state index contributed by atoms with van der Waals surface area (Å²) in [6.45, 7) is 2.60. The molecule has 0 bridgehead atoms. The third kappa shape index (κ3) is 2.94. The van der Waals surface area contributed by atoms with Crippen LogP contribution >= 0.6 is 29.7 Å². The number of thiocyanates is 1. The van der Waals surface area contributed by atoms with Gasteiger partial charge in [0, 0.05) is 0 Å². The SMILES string of the molecule is N#CSP(N=C=S)(c1ccccc1)(c1ccccc1)N1CCOCC1. The fourth-order valence-electron chi connectivity index (χ4n) is 3.31. The van der Waals surface area contributed by atoms with Crippen LogP contribution in [0.1, 0.15) is 0 Å². The minimum atomic E-state index is -3.49. The second kappa shape index (κ2) is 7.76. The molecule has 0 amide bonds. The van der Waals surface area contributed by atoms with E-state index in [1.807, 2.05) is 60.7 Å². The molecule has 0 spiro atoms. The van der Waals surface area contributed by atoms with Gasteiger partial charge in [-0.05, 0) is 0 Å². The Morgan fingerprint density at radius 2 is 1.52 bits per heavy atom. The second-order valence-electron chi connectivity index (χ2n) is 5.56. The van der Waals surface area contributed by atoms with Crippen LogP contribution in [0.2, 0.25) is 0 Å². The molecule has 0 saturated carbocycles. The van der Waals surface area contributed by atoms with E-state index in [1.54, 1.807) is 0 Å². The zero-order valence-corrected chi connectivity index (χ0v) is 16.1. The number of hydrogen-bond acceptors (Lipinski definition) is 6.